The van der Waals surface area contributed by atoms with E-state index in [1.54, 1.807) is 0 Å². The van der Waals surface area contributed by atoms with E-state index in [0.29, 0.717) is 11.3 Å². The Morgan fingerprint density at radius 2 is 2.33 bits per heavy atom. The van der Waals surface area contributed by atoms with Crippen molar-refractivity contribution in [1.82, 2.24) is 14.8 Å². The average molecular weight is 229 g/mol. The van der Waals surface area contributed by atoms with Crippen molar-refractivity contribution in [2.24, 2.45) is 0 Å². The SMILES string of the molecule is O=c1[nH][nH]c(=S)n1CCC1CCCCO1. The highest BCUT2D eigenvalue weighted by atomic mass is 32.1. The van der Waals surface area contributed by atoms with E-state index < -0.39 is 0 Å². The van der Waals surface area contributed by atoms with E-state index in [1.807, 2.05) is 0 Å². The van der Waals surface area contributed by atoms with E-state index in [0.717, 1.165) is 25.9 Å². The summed E-state index contributed by atoms with van der Waals surface area (Å²) in [6.45, 7) is 1.47. The molecule has 0 bridgehead atoms. The summed E-state index contributed by atoms with van der Waals surface area (Å²) in [7, 11) is 0. The van der Waals surface area contributed by atoms with Crippen LogP contribution in [0.4, 0.5) is 0 Å². The summed E-state index contributed by atoms with van der Waals surface area (Å²) in [5.74, 6) is 0. The van der Waals surface area contributed by atoms with Crippen molar-refractivity contribution >= 4 is 12.2 Å². The predicted molar refractivity (Wildman–Crippen MR) is 58.4 cm³/mol. The molecule has 1 aromatic heterocycles. The molecule has 1 atom stereocenters. The van der Waals surface area contributed by atoms with E-state index in [-0.39, 0.29) is 11.8 Å². The number of aromatic amines is 2. The lowest BCUT2D eigenvalue weighted by atomic mass is 10.1. The van der Waals surface area contributed by atoms with Crippen LogP contribution in [0.3, 0.4) is 0 Å². The van der Waals surface area contributed by atoms with Gasteiger partial charge in [-0.2, -0.15) is 0 Å². The maximum absolute atomic E-state index is 11.3. The largest absolute Gasteiger partial charge is 0.378 e. The molecule has 0 amide bonds. The zero-order valence-corrected chi connectivity index (χ0v) is 9.31. The second-order valence-electron chi connectivity index (χ2n) is 3.79. The molecule has 2 heterocycles. The molecule has 1 aromatic rings. The van der Waals surface area contributed by atoms with Gasteiger partial charge in [0.15, 0.2) is 4.77 Å². The van der Waals surface area contributed by atoms with E-state index >= 15 is 0 Å². The van der Waals surface area contributed by atoms with Gasteiger partial charge in [-0.25, -0.2) is 9.89 Å². The van der Waals surface area contributed by atoms with Crippen LogP contribution in [0.2, 0.25) is 0 Å². The average Bonchev–Trinajstić information content (AvgIpc) is 2.58. The van der Waals surface area contributed by atoms with Crippen LogP contribution in [0.5, 0.6) is 0 Å². The molecule has 0 spiro atoms. The third-order valence-corrected chi connectivity index (χ3v) is 3.04. The monoisotopic (exact) mass is 229 g/mol. The lowest BCUT2D eigenvalue weighted by Gasteiger charge is -2.22. The van der Waals surface area contributed by atoms with Crippen LogP contribution in [0.1, 0.15) is 25.7 Å². The molecule has 15 heavy (non-hydrogen) atoms. The van der Waals surface area contributed by atoms with Gasteiger partial charge in [-0.1, -0.05) is 0 Å². The lowest BCUT2D eigenvalue weighted by molar-refractivity contribution is 0.00861. The van der Waals surface area contributed by atoms with Gasteiger partial charge >= 0.3 is 5.69 Å². The summed E-state index contributed by atoms with van der Waals surface area (Å²) in [4.78, 5) is 11.3. The number of nitrogens with one attached hydrogen (secondary N) is 2. The normalized spacial score (nSPS) is 21.7. The highest BCUT2D eigenvalue weighted by molar-refractivity contribution is 7.71. The predicted octanol–water partition coefficient (Wildman–Crippen LogP) is 1.19. The summed E-state index contributed by atoms with van der Waals surface area (Å²) in [5.41, 5.74) is -0.171. The molecule has 2 rings (SSSR count). The van der Waals surface area contributed by atoms with Gasteiger partial charge in [0.1, 0.15) is 0 Å². The topological polar surface area (TPSA) is 62.8 Å². The minimum atomic E-state index is -0.171. The fourth-order valence-electron chi connectivity index (χ4n) is 1.85. The molecule has 0 saturated carbocycles. The minimum Gasteiger partial charge on any atom is -0.378 e. The van der Waals surface area contributed by atoms with Gasteiger partial charge < -0.3 is 4.74 Å². The van der Waals surface area contributed by atoms with Crippen molar-refractivity contribution in [1.29, 1.82) is 0 Å². The summed E-state index contributed by atoms with van der Waals surface area (Å²) >= 11 is 4.98. The quantitative estimate of drug-likeness (QED) is 0.765. The van der Waals surface area contributed by atoms with Gasteiger partial charge in [0.05, 0.1) is 6.10 Å². The second-order valence-corrected chi connectivity index (χ2v) is 4.18. The number of H-pyrrole nitrogens is 2. The molecular formula is C9H15N3O2S. The number of hydrogen-bond acceptors (Lipinski definition) is 3. The summed E-state index contributed by atoms with van der Waals surface area (Å²) in [5, 5.41) is 5.09. The maximum atomic E-state index is 11.3. The van der Waals surface area contributed by atoms with Crippen molar-refractivity contribution < 1.29 is 4.74 Å². The molecule has 0 aliphatic carbocycles. The van der Waals surface area contributed by atoms with Crippen LogP contribution in [-0.2, 0) is 11.3 Å². The summed E-state index contributed by atoms with van der Waals surface area (Å²) in [6, 6.07) is 0. The number of nitrogens with zero attached hydrogens (tertiary/aromatic N) is 1. The Morgan fingerprint density at radius 1 is 1.47 bits per heavy atom. The number of ether oxygens (including phenoxy) is 1. The molecule has 2 N–H and O–H groups in total. The fourth-order valence-corrected chi connectivity index (χ4v) is 2.07. The molecule has 1 aliphatic rings. The Hall–Kier alpha value is -0.880. The Balaban J connectivity index is 1.92. The van der Waals surface area contributed by atoms with Crippen molar-refractivity contribution in [2.45, 2.75) is 38.3 Å². The van der Waals surface area contributed by atoms with E-state index in [2.05, 4.69) is 10.2 Å². The van der Waals surface area contributed by atoms with Crippen LogP contribution in [0, 0.1) is 4.77 Å². The van der Waals surface area contributed by atoms with E-state index in [1.165, 1.54) is 11.0 Å². The Labute approximate surface area is 92.4 Å². The standard InChI is InChI=1S/C9H15N3O2S/c13-8-10-11-9(15)12(8)5-4-7-3-1-2-6-14-7/h7H,1-6H2,(H,10,13)(H,11,15). The van der Waals surface area contributed by atoms with Gasteiger partial charge in [-0.3, -0.25) is 9.67 Å². The van der Waals surface area contributed by atoms with Crippen molar-refractivity contribution in [3.05, 3.63) is 15.3 Å². The number of aromatic nitrogens is 3. The first kappa shape index (κ1) is 10.6. The van der Waals surface area contributed by atoms with E-state index in [4.69, 9.17) is 17.0 Å². The molecule has 0 aromatic carbocycles. The summed E-state index contributed by atoms with van der Waals surface area (Å²) in [6.07, 6.45) is 4.61. The third-order valence-electron chi connectivity index (χ3n) is 2.72. The molecule has 5 nitrogen and oxygen atoms in total. The van der Waals surface area contributed by atoms with Gasteiger partial charge in [0.2, 0.25) is 0 Å². The highest BCUT2D eigenvalue weighted by Gasteiger charge is 2.14. The molecule has 84 valence electrons. The Kier molecular flexibility index (Phi) is 3.37. The number of rotatable bonds is 3. The lowest BCUT2D eigenvalue weighted by Crippen LogP contribution is -2.24. The molecule has 1 saturated heterocycles. The zero-order valence-electron chi connectivity index (χ0n) is 8.49. The van der Waals surface area contributed by atoms with Gasteiger partial charge in [-0.15, -0.1) is 0 Å². The Morgan fingerprint density at radius 3 is 2.93 bits per heavy atom. The van der Waals surface area contributed by atoms with Crippen LogP contribution >= 0.6 is 12.2 Å². The van der Waals surface area contributed by atoms with Gasteiger partial charge in [0, 0.05) is 13.2 Å². The van der Waals surface area contributed by atoms with Gasteiger partial charge in [0.25, 0.3) is 0 Å². The van der Waals surface area contributed by atoms with Gasteiger partial charge in [-0.05, 0) is 37.9 Å². The van der Waals surface area contributed by atoms with Crippen LogP contribution < -0.4 is 5.69 Å². The molecule has 1 fully saturated rings. The van der Waals surface area contributed by atoms with Crippen LogP contribution in [0.25, 0.3) is 0 Å². The molecule has 1 unspecified atom stereocenters. The fraction of sp³-hybridized carbons (Fsp3) is 0.778. The Bertz CT molecular complexity index is 386. The van der Waals surface area contributed by atoms with Crippen LogP contribution in [-0.4, -0.2) is 27.5 Å². The van der Waals surface area contributed by atoms with Crippen molar-refractivity contribution in [2.75, 3.05) is 6.61 Å². The van der Waals surface area contributed by atoms with E-state index in [9.17, 15) is 4.79 Å². The summed E-state index contributed by atoms with van der Waals surface area (Å²) < 4.78 is 7.58. The third kappa shape index (κ3) is 2.57. The first-order valence-corrected chi connectivity index (χ1v) is 5.67. The first-order chi connectivity index (χ1) is 7.27. The first-order valence-electron chi connectivity index (χ1n) is 5.26. The maximum Gasteiger partial charge on any atom is 0.342 e. The smallest absolute Gasteiger partial charge is 0.342 e. The van der Waals surface area contributed by atoms with Crippen molar-refractivity contribution in [3.63, 3.8) is 0 Å². The highest BCUT2D eigenvalue weighted by Crippen LogP contribution is 2.15. The molecule has 6 heteroatoms. The minimum absolute atomic E-state index is 0.171. The van der Waals surface area contributed by atoms with Crippen LogP contribution in [0.15, 0.2) is 4.79 Å². The molecule has 1 aliphatic heterocycles. The molecule has 0 radical (unpaired) electrons. The second kappa shape index (κ2) is 4.76. The zero-order chi connectivity index (χ0) is 10.7. The van der Waals surface area contributed by atoms with Crippen molar-refractivity contribution in [3.8, 4) is 0 Å². The number of hydrogen-bond donors (Lipinski definition) is 2. The molecular weight excluding hydrogens is 214 g/mol.